The quantitative estimate of drug-likeness (QED) is 0.372. The third-order valence-electron chi connectivity index (χ3n) is 7.08. The monoisotopic (exact) mass is 613 g/mol. The number of likely N-dealkylation sites (tertiary alicyclic amines) is 1. The molecule has 1 saturated heterocycles. The minimum absolute atomic E-state index is 0.00562. The van der Waals surface area contributed by atoms with E-state index in [-0.39, 0.29) is 25.4 Å². The second-order valence-corrected chi connectivity index (χ2v) is 11.9. The van der Waals surface area contributed by atoms with Crippen LogP contribution in [0.3, 0.4) is 0 Å². The second-order valence-electron chi connectivity index (χ2n) is 11.0. The topological polar surface area (TPSA) is 135 Å². The molecule has 3 amide bonds. The van der Waals surface area contributed by atoms with Gasteiger partial charge in [0.1, 0.15) is 17.5 Å². The first-order chi connectivity index (χ1) is 20.4. The van der Waals surface area contributed by atoms with Gasteiger partial charge >= 0.3 is 0 Å². The minimum atomic E-state index is -1.07. The van der Waals surface area contributed by atoms with Crippen molar-refractivity contribution >= 4 is 29.1 Å². The first-order valence-corrected chi connectivity index (χ1v) is 16.3. The summed E-state index contributed by atoms with van der Waals surface area (Å²) in [6.07, 6.45) is 0.220. The molecule has 238 valence electrons. The molecule has 2 heterocycles. The number of nitriles is 1. The zero-order chi connectivity index (χ0) is 33.0. The first-order valence-electron chi connectivity index (χ1n) is 15.4. The van der Waals surface area contributed by atoms with Gasteiger partial charge in [0.05, 0.1) is 28.3 Å². The van der Waals surface area contributed by atoms with Crippen molar-refractivity contribution in [3.63, 3.8) is 0 Å². The standard InChI is InChI=1S/C27H33N5O4S.3C2H6/c1-16-21(37-15-30-16)18-7-5-17(6-8-18)12-29-23(34)20-11-19(33)13-32(20)24(35)22(26(2,3)4)31-25(36)27(14-28)9-10-27;3*1-2/h5-8,15,19-20,22,33H,9-13H2,1-4H3,(H,29,34)(H,31,36);3*1-2H3. The molecule has 3 atom stereocenters. The maximum atomic E-state index is 13.6. The summed E-state index contributed by atoms with van der Waals surface area (Å²) in [6.45, 7) is 19.7. The van der Waals surface area contributed by atoms with Crippen molar-refractivity contribution in [3.8, 4) is 16.5 Å². The number of aromatic nitrogens is 1. The number of thiazole rings is 1. The number of amides is 3. The lowest BCUT2D eigenvalue weighted by molar-refractivity contribution is -0.144. The lowest BCUT2D eigenvalue weighted by Gasteiger charge is -2.35. The van der Waals surface area contributed by atoms with E-state index in [1.165, 1.54) is 4.90 Å². The molecule has 1 saturated carbocycles. The van der Waals surface area contributed by atoms with E-state index in [9.17, 15) is 24.8 Å². The van der Waals surface area contributed by atoms with Gasteiger partial charge in [-0.15, -0.1) is 11.3 Å². The minimum Gasteiger partial charge on any atom is -0.391 e. The van der Waals surface area contributed by atoms with Gasteiger partial charge < -0.3 is 20.6 Å². The number of hydrogen-bond donors (Lipinski definition) is 3. The van der Waals surface area contributed by atoms with Crippen LogP contribution in [0.2, 0.25) is 0 Å². The van der Waals surface area contributed by atoms with Crippen molar-refractivity contribution in [2.24, 2.45) is 10.8 Å². The molecule has 0 bridgehead atoms. The molecule has 0 spiro atoms. The van der Waals surface area contributed by atoms with Gasteiger partial charge in [0.2, 0.25) is 17.7 Å². The number of nitrogens with one attached hydrogen (secondary N) is 2. The molecular formula is C33H51N5O4S. The highest BCUT2D eigenvalue weighted by Gasteiger charge is 2.53. The number of β-amino-alcohol motifs (C(OH)–C–C–N with tert-alkyl or cyclic N) is 1. The molecule has 2 fully saturated rings. The van der Waals surface area contributed by atoms with E-state index in [4.69, 9.17) is 0 Å². The second kappa shape index (κ2) is 17.1. The van der Waals surface area contributed by atoms with Crippen LogP contribution in [0, 0.1) is 29.1 Å². The van der Waals surface area contributed by atoms with E-state index in [0.29, 0.717) is 12.8 Å². The van der Waals surface area contributed by atoms with Crippen LogP contribution in [-0.4, -0.2) is 57.4 Å². The van der Waals surface area contributed by atoms with Crippen LogP contribution in [-0.2, 0) is 20.9 Å². The van der Waals surface area contributed by atoms with Crippen LogP contribution in [0.25, 0.3) is 10.4 Å². The molecule has 3 N–H and O–H groups in total. The number of aliphatic hydroxyl groups excluding tert-OH is 1. The summed E-state index contributed by atoms with van der Waals surface area (Å²) < 4.78 is 0. The molecule has 1 aromatic carbocycles. The van der Waals surface area contributed by atoms with Crippen LogP contribution in [0.15, 0.2) is 29.8 Å². The zero-order valence-corrected chi connectivity index (χ0v) is 28.4. The smallest absolute Gasteiger partial charge is 0.246 e. The summed E-state index contributed by atoms with van der Waals surface area (Å²) in [6, 6.07) is 8.12. The third kappa shape index (κ3) is 9.60. The Morgan fingerprint density at radius 2 is 1.70 bits per heavy atom. The highest BCUT2D eigenvalue weighted by molar-refractivity contribution is 7.13. The van der Waals surface area contributed by atoms with Gasteiger partial charge in [0.15, 0.2) is 0 Å². The van der Waals surface area contributed by atoms with Gasteiger partial charge in [-0.3, -0.25) is 14.4 Å². The Morgan fingerprint density at radius 1 is 1.12 bits per heavy atom. The average Bonchev–Trinajstić information content (AvgIpc) is 3.55. The van der Waals surface area contributed by atoms with Crippen LogP contribution in [0.5, 0.6) is 0 Å². The van der Waals surface area contributed by atoms with Crippen molar-refractivity contribution in [2.45, 2.75) is 113 Å². The van der Waals surface area contributed by atoms with E-state index >= 15 is 0 Å². The van der Waals surface area contributed by atoms with Crippen molar-refractivity contribution in [1.29, 1.82) is 5.26 Å². The number of carbonyl (C=O) groups is 3. The van der Waals surface area contributed by atoms with Gasteiger partial charge in [-0.2, -0.15) is 5.26 Å². The average molecular weight is 614 g/mol. The molecule has 4 rings (SSSR count). The maximum absolute atomic E-state index is 13.6. The van der Waals surface area contributed by atoms with E-state index in [2.05, 4.69) is 21.7 Å². The molecule has 2 aliphatic rings. The van der Waals surface area contributed by atoms with Crippen LogP contribution in [0.4, 0.5) is 0 Å². The fourth-order valence-corrected chi connectivity index (χ4v) is 5.38. The lowest BCUT2D eigenvalue weighted by Crippen LogP contribution is -2.58. The Bertz CT molecular complexity index is 1230. The molecule has 1 aliphatic heterocycles. The molecule has 0 radical (unpaired) electrons. The number of hydrogen-bond acceptors (Lipinski definition) is 7. The van der Waals surface area contributed by atoms with Gasteiger partial charge in [-0.25, -0.2) is 4.98 Å². The summed E-state index contributed by atoms with van der Waals surface area (Å²) in [5.41, 5.74) is 3.02. The predicted molar refractivity (Wildman–Crippen MR) is 173 cm³/mol. The van der Waals surface area contributed by atoms with Crippen molar-refractivity contribution in [2.75, 3.05) is 6.54 Å². The van der Waals surface area contributed by atoms with Gasteiger partial charge in [0, 0.05) is 19.5 Å². The lowest BCUT2D eigenvalue weighted by atomic mass is 9.85. The predicted octanol–water partition coefficient (Wildman–Crippen LogP) is 5.61. The molecule has 10 heteroatoms. The largest absolute Gasteiger partial charge is 0.391 e. The van der Waals surface area contributed by atoms with Gasteiger partial charge in [-0.05, 0) is 36.3 Å². The highest BCUT2D eigenvalue weighted by Crippen LogP contribution is 2.45. The van der Waals surface area contributed by atoms with Gasteiger partial charge in [0.25, 0.3) is 0 Å². The molecule has 3 unspecified atom stereocenters. The summed E-state index contributed by atoms with van der Waals surface area (Å²) in [7, 11) is 0. The van der Waals surface area contributed by atoms with Crippen LogP contribution in [0.1, 0.15) is 92.8 Å². The summed E-state index contributed by atoms with van der Waals surface area (Å²) in [5, 5.41) is 25.4. The van der Waals surface area contributed by atoms with E-state index in [1.54, 1.807) is 11.3 Å². The van der Waals surface area contributed by atoms with Crippen LogP contribution < -0.4 is 10.6 Å². The van der Waals surface area contributed by atoms with Crippen molar-refractivity contribution in [1.82, 2.24) is 20.5 Å². The first kappa shape index (κ1) is 37.7. The molecule has 9 nitrogen and oxygen atoms in total. The molecule has 2 aromatic rings. The van der Waals surface area contributed by atoms with E-state index < -0.39 is 40.8 Å². The number of rotatable bonds is 7. The van der Waals surface area contributed by atoms with Crippen molar-refractivity contribution in [3.05, 3.63) is 41.0 Å². The van der Waals surface area contributed by atoms with Crippen molar-refractivity contribution < 1.29 is 19.5 Å². The number of aliphatic hydroxyl groups is 1. The zero-order valence-electron chi connectivity index (χ0n) is 27.6. The molecule has 1 aliphatic carbocycles. The Morgan fingerprint density at radius 3 is 2.16 bits per heavy atom. The Hall–Kier alpha value is -3.29. The number of aryl methyl sites for hydroxylation is 1. The maximum Gasteiger partial charge on any atom is 0.246 e. The molecular weight excluding hydrogens is 562 g/mol. The summed E-state index contributed by atoms with van der Waals surface area (Å²) >= 11 is 1.58. The Balaban J connectivity index is 0.00000145. The van der Waals surface area contributed by atoms with E-state index in [1.807, 2.05) is 99.0 Å². The number of nitrogens with zero attached hydrogens (tertiary/aromatic N) is 3. The fourth-order valence-electron chi connectivity index (χ4n) is 4.56. The fraction of sp³-hybridized carbons (Fsp3) is 0.606. The molecule has 43 heavy (non-hydrogen) atoms. The van der Waals surface area contributed by atoms with E-state index in [0.717, 1.165) is 21.7 Å². The Kier molecular flexibility index (Phi) is 15.0. The van der Waals surface area contributed by atoms with Gasteiger partial charge in [-0.1, -0.05) is 86.6 Å². The molecule has 1 aromatic heterocycles. The number of carbonyl (C=O) groups excluding carboxylic acids is 3. The SMILES string of the molecule is CC.CC.CC.Cc1ncsc1-c1ccc(CNC(=O)C2CC(O)CN2C(=O)C(NC(=O)C2(C#N)CC2)C(C)(C)C)cc1. The highest BCUT2D eigenvalue weighted by atomic mass is 32.1. The summed E-state index contributed by atoms with van der Waals surface area (Å²) in [5.74, 6) is -1.25. The number of benzene rings is 1. The van der Waals surface area contributed by atoms with Crippen LogP contribution >= 0.6 is 11.3 Å². The third-order valence-corrected chi connectivity index (χ3v) is 8.06. The summed E-state index contributed by atoms with van der Waals surface area (Å²) in [4.78, 5) is 46.2. The normalized spacial score (nSPS) is 18.6. The Labute approximate surface area is 262 Å².